The maximum Gasteiger partial charge on any atom is 0.338 e. The Morgan fingerprint density at radius 3 is 2.49 bits per heavy atom. The Bertz CT molecular complexity index is 1520. The average Bonchev–Trinajstić information content (AvgIpc) is 3.18. The van der Waals surface area contributed by atoms with Gasteiger partial charge in [-0.3, -0.25) is 9.36 Å². The molecule has 1 aliphatic rings. The van der Waals surface area contributed by atoms with Crippen LogP contribution in [0.4, 0.5) is 5.69 Å². The quantitative estimate of drug-likeness (QED) is 0.423. The monoisotopic (exact) mass is 521 g/mol. The molecule has 1 aromatic heterocycles. The van der Waals surface area contributed by atoms with Crippen LogP contribution in [0.15, 0.2) is 63.5 Å². The molecule has 0 aliphatic carbocycles. The number of nitrogens with zero attached hydrogens (tertiary/aromatic N) is 3. The van der Waals surface area contributed by atoms with Crippen molar-refractivity contribution >= 4 is 29.1 Å². The first-order valence-electron chi connectivity index (χ1n) is 12.1. The molecule has 37 heavy (non-hydrogen) atoms. The number of para-hydroxylation sites is 1. The summed E-state index contributed by atoms with van der Waals surface area (Å²) in [6, 6.07) is 12.6. The molecule has 0 bridgehead atoms. The van der Waals surface area contributed by atoms with Gasteiger partial charge in [0.2, 0.25) is 0 Å². The van der Waals surface area contributed by atoms with Crippen molar-refractivity contribution in [3.05, 3.63) is 84.5 Å². The lowest BCUT2D eigenvalue weighted by atomic mass is 9.94. The summed E-state index contributed by atoms with van der Waals surface area (Å²) in [4.78, 5) is 34.2. The van der Waals surface area contributed by atoms with Crippen molar-refractivity contribution in [1.29, 1.82) is 0 Å². The highest BCUT2D eigenvalue weighted by Gasteiger charge is 2.35. The maximum absolute atomic E-state index is 13.9. The summed E-state index contributed by atoms with van der Waals surface area (Å²) >= 11 is 1.29. The van der Waals surface area contributed by atoms with Gasteiger partial charge < -0.3 is 19.1 Å². The van der Waals surface area contributed by atoms with E-state index in [1.165, 1.54) is 11.3 Å². The molecule has 0 saturated heterocycles. The first-order valence-corrected chi connectivity index (χ1v) is 12.9. The molecule has 3 aromatic rings. The number of esters is 1. The normalized spacial score (nSPS) is 15.2. The second kappa shape index (κ2) is 11.0. The molecular formula is C28H31N3O5S. The van der Waals surface area contributed by atoms with E-state index in [1.807, 2.05) is 68.4 Å². The van der Waals surface area contributed by atoms with Crippen LogP contribution in [0.5, 0.6) is 11.5 Å². The lowest BCUT2D eigenvalue weighted by Gasteiger charge is -2.26. The van der Waals surface area contributed by atoms with Crippen molar-refractivity contribution in [2.45, 2.75) is 26.8 Å². The standard InChI is InChI=1S/C28H31N3O5S/c1-7-35-25-20(10-9-11-21(25)34-6)24-23(27(33)36-8-2)17(3)29-28-31(24)26(32)22(37-28)16-18-12-14-19(15-13-18)30(4)5/h9-16,24H,7-8H2,1-6H3/b22-16+/t24-/m1/s1. The minimum Gasteiger partial charge on any atom is -0.493 e. The van der Waals surface area contributed by atoms with Crippen molar-refractivity contribution in [3.8, 4) is 11.5 Å². The minimum atomic E-state index is -0.787. The first-order chi connectivity index (χ1) is 17.8. The van der Waals surface area contributed by atoms with E-state index in [-0.39, 0.29) is 12.2 Å². The molecule has 0 fully saturated rings. The second-order valence-electron chi connectivity index (χ2n) is 8.60. The number of allylic oxidation sites excluding steroid dienone is 1. The Morgan fingerprint density at radius 2 is 1.86 bits per heavy atom. The molecule has 194 valence electrons. The zero-order valence-electron chi connectivity index (χ0n) is 21.9. The van der Waals surface area contributed by atoms with Crippen LogP contribution in [0.1, 0.15) is 37.9 Å². The highest BCUT2D eigenvalue weighted by molar-refractivity contribution is 7.07. The minimum absolute atomic E-state index is 0.201. The zero-order chi connectivity index (χ0) is 26.7. The van der Waals surface area contributed by atoms with Crippen LogP contribution < -0.4 is 29.3 Å². The summed E-state index contributed by atoms with van der Waals surface area (Å²) in [6.45, 7) is 5.96. The molecule has 8 nitrogen and oxygen atoms in total. The summed E-state index contributed by atoms with van der Waals surface area (Å²) in [5, 5.41) is 0. The molecule has 2 heterocycles. The third-order valence-electron chi connectivity index (χ3n) is 6.04. The maximum atomic E-state index is 13.9. The van der Waals surface area contributed by atoms with E-state index >= 15 is 0 Å². The number of methoxy groups -OCH3 is 1. The van der Waals surface area contributed by atoms with Crippen molar-refractivity contribution in [1.82, 2.24) is 4.57 Å². The highest BCUT2D eigenvalue weighted by Crippen LogP contribution is 2.40. The predicted molar refractivity (Wildman–Crippen MR) is 145 cm³/mol. The number of rotatable bonds is 8. The second-order valence-corrected chi connectivity index (χ2v) is 9.61. The fourth-order valence-electron chi connectivity index (χ4n) is 4.31. The number of aromatic nitrogens is 1. The van der Waals surface area contributed by atoms with Gasteiger partial charge in [0, 0.05) is 25.3 Å². The third kappa shape index (κ3) is 5.04. The number of fused-ring (bicyclic) bond motifs is 1. The molecule has 1 atom stereocenters. The summed E-state index contributed by atoms with van der Waals surface area (Å²) in [7, 11) is 5.51. The lowest BCUT2D eigenvalue weighted by Crippen LogP contribution is -2.40. The van der Waals surface area contributed by atoms with Gasteiger partial charge in [-0.15, -0.1) is 0 Å². The van der Waals surface area contributed by atoms with E-state index in [0.29, 0.717) is 44.3 Å². The smallest absolute Gasteiger partial charge is 0.338 e. The molecule has 0 N–H and O–H groups in total. The van der Waals surface area contributed by atoms with E-state index in [4.69, 9.17) is 14.2 Å². The first kappa shape index (κ1) is 26.2. The fraction of sp³-hybridized carbons (Fsp3) is 0.321. The van der Waals surface area contributed by atoms with Crippen LogP contribution in [0.3, 0.4) is 0 Å². The van der Waals surface area contributed by atoms with Gasteiger partial charge in [0.1, 0.15) is 6.04 Å². The van der Waals surface area contributed by atoms with Crippen molar-refractivity contribution in [3.63, 3.8) is 0 Å². The van der Waals surface area contributed by atoms with Crippen molar-refractivity contribution in [2.24, 2.45) is 4.99 Å². The summed E-state index contributed by atoms with van der Waals surface area (Å²) in [5.74, 6) is 0.468. The zero-order valence-corrected chi connectivity index (χ0v) is 22.7. The van der Waals surface area contributed by atoms with Crippen molar-refractivity contribution in [2.75, 3.05) is 39.3 Å². The van der Waals surface area contributed by atoms with E-state index in [2.05, 4.69) is 4.99 Å². The number of anilines is 1. The van der Waals surface area contributed by atoms with E-state index in [1.54, 1.807) is 31.6 Å². The van der Waals surface area contributed by atoms with E-state index < -0.39 is 12.0 Å². The molecule has 9 heteroatoms. The number of benzene rings is 2. The van der Waals surface area contributed by atoms with E-state index in [9.17, 15) is 9.59 Å². The Morgan fingerprint density at radius 1 is 1.14 bits per heavy atom. The summed E-state index contributed by atoms with van der Waals surface area (Å²) in [6.07, 6.45) is 1.85. The van der Waals surface area contributed by atoms with Crippen LogP contribution in [-0.2, 0) is 9.53 Å². The largest absolute Gasteiger partial charge is 0.493 e. The van der Waals surface area contributed by atoms with Gasteiger partial charge in [-0.2, -0.15) is 0 Å². The molecular weight excluding hydrogens is 490 g/mol. The molecule has 0 amide bonds. The Balaban J connectivity index is 1.97. The predicted octanol–water partition coefficient (Wildman–Crippen LogP) is 3.27. The topological polar surface area (TPSA) is 82.4 Å². The molecule has 0 radical (unpaired) electrons. The number of hydrogen-bond donors (Lipinski definition) is 0. The van der Waals surface area contributed by atoms with Gasteiger partial charge in [-0.05, 0) is 50.6 Å². The molecule has 0 unspecified atom stereocenters. The SMILES string of the molecule is CCOC(=O)C1=C(C)N=c2s/c(=C/c3ccc(N(C)C)cc3)c(=O)n2[C@@H]1c1cccc(OC)c1OCC. The van der Waals surface area contributed by atoms with Gasteiger partial charge in [-0.1, -0.05) is 35.6 Å². The molecule has 1 aliphatic heterocycles. The van der Waals surface area contributed by atoms with Gasteiger partial charge in [0.05, 0.1) is 36.1 Å². The number of thiazole rings is 1. The highest BCUT2D eigenvalue weighted by atomic mass is 32.1. The fourth-order valence-corrected chi connectivity index (χ4v) is 5.36. The van der Waals surface area contributed by atoms with Gasteiger partial charge in [0.25, 0.3) is 5.56 Å². The van der Waals surface area contributed by atoms with Gasteiger partial charge in [0.15, 0.2) is 16.3 Å². The van der Waals surface area contributed by atoms with Gasteiger partial charge in [-0.25, -0.2) is 9.79 Å². The van der Waals surface area contributed by atoms with E-state index in [0.717, 1.165) is 11.3 Å². The molecule has 0 spiro atoms. The van der Waals surface area contributed by atoms with Crippen LogP contribution in [0, 0.1) is 0 Å². The molecule has 0 saturated carbocycles. The molecule has 2 aromatic carbocycles. The number of carbonyl (C=O) groups is 1. The molecule has 4 rings (SSSR count). The number of ether oxygens (including phenoxy) is 3. The van der Waals surface area contributed by atoms with Crippen LogP contribution >= 0.6 is 11.3 Å². The number of carbonyl (C=O) groups excluding carboxylic acids is 1. The van der Waals surface area contributed by atoms with Crippen LogP contribution in [0.2, 0.25) is 0 Å². The number of hydrogen-bond acceptors (Lipinski definition) is 8. The average molecular weight is 522 g/mol. The third-order valence-corrected chi connectivity index (χ3v) is 7.02. The Kier molecular flexibility index (Phi) is 7.83. The summed E-state index contributed by atoms with van der Waals surface area (Å²) in [5.41, 5.74) is 3.13. The summed E-state index contributed by atoms with van der Waals surface area (Å²) < 4.78 is 19.0. The van der Waals surface area contributed by atoms with Crippen molar-refractivity contribution < 1.29 is 19.0 Å². The van der Waals surface area contributed by atoms with Crippen LogP contribution in [0.25, 0.3) is 6.08 Å². The van der Waals surface area contributed by atoms with Crippen LogP contribution in [-0.4, -0.2) is 45.0 Å². The lowest BCUT2D eigenvalue weighted by molar-refractivity contribution is -0.139. The Hall–Kier alpha value is -3.85. The van der Waals surface area contributed by atoms with Gasteiger partial charge >= 0.3 is 5.97 Å². The Labute approximate surface area is 219 Å².